The minimum atomic E-state index is -0.453. The largest absolute Gasteiger partial charge is 0.495 e. The van der Waals surface area contributed by atoms with E-state index in [-0.39, 0.29) is 11.5 Å². The van der Waals surface area contributed by atoms with Crippen LogP contribution in [0.3, 0.4) is 0 Å². The van der Waals surface area contributed by atoms with Gasteiger partial charge in [-0.05, 0) is 23.8 Å². The third-order valence-electron chi connectivity index (χ3n) is 5.32. The molecule has 0 saturated carbocycles. The first-order valence-electron chi connectivity index (χ1n) is 10.2. The van der Waals surface area contributed by atoms with Gasteiger partial charge in [0.05, 0.1) is 17.7 Å². The lowest BCUT2D eigenvalue weighted by Gasteiger charge is -2.35. The maximum absolute atomic E-state index is 12.0. The molecule has 1 N–H and O–H groups in total. The van der Waals surface area contributed by atoms with E-state index in [1.54, 1.807) is 18.2 Å². The fraction of sp³-hybridized carbons (Fsp3) is 0.273. The molecule has 10 heteroatoms. The van der Waals surface area contributed by atoms with Crippen molar-refractivity contribution in [2.75, 3.05) is 43.5 Å². The van der Waals surface area contributed by atoms with E-state index in [4.69, 9.17) is 16.3 Å². The summed E-state index contributed by atoms with van der Waals surface area (Å²) in [6.07, 6.45) is 1.33. The molecule has 9 nitrogen and oxygen atoms in total. The summed E-state index contributed by atoms with van der Waals surface area (Å²) >= 11 is 6.09. The van der Waals surface area contributed by atoms with Crippen LogP contribution in [0.5, 0.6) is 5.75 Å². The average molecular weight is 455 g/mol. The van der Waals surface area contributed by atoms with E-state index in [1.807, 2.05) is 23.1 Å². The standard InChI is InChI=1S/C22H23ClN6O3/c1-32-19-8-7-17(23)13-18(19)26-21-20(29(30)31)22(25-15-24-21)28-11-9-27(10-12-28)14-16-5-3-2-4-6-16/h2-8,13,15H,9-12,14H2,1H3,(H,24,25,26). The minimum Gasteiger partial charge on any atom is -0.495 e. The number of piperazine rings is 1. The second-order valence-corrected chi connectivity index (χ2v) is 7.81. The van der Waals surface area contributed by atoms with Gasteiger partial charge in [0.25, 0.3) is 0 Å². The summed E-state index contributed by atoms with van der Waals surface area (Å²) in [5, 5.41) is 15.5. The first-order chi connectivity index (χ1) is 15.5. The SMILES string of the molecule is COc1ccc(Cl)cc1Nc1ncnc(N2CCN(Cc3ccccc3)CC2)c1[N+](=O)[O-]. The van der Waals surface area contributed by atoms with Gasteiger partial charge in [0.15, 0.2) is 0 Å². The van der Waals surface area contributed by atoms with E-state index in [0.717, 1.165) is 19.6 Å². The predicted molar refractivity (Wildman–Crippen MR) is 124 cm³/mol. The van der Waals surface area contributed by atoms with Crippen molar-refractivity contribution in [1.82, 2.24) is 14.9 Å². The van der Waals surface area contributed by atoms with Crippen molar-refractivity contribution in [3.05, 3.63) is 75.6 Å². The Balaban J connectivity index is 1.54. The summed E-state index contributed by atoms with van der Waals surface area (Å²) < 4.78 is 5.33. The topological polar surface area (TPSA) is 96.7 Å². The number of halogens is 1. The Kier molecular flexibility index (Phi) is 6.67. The highest BCUT2D eigenvalue weighted by molar-refractivity contribution is 6.31. The van der Waals surface area contributed by atoms with Crippen LogP contribution in [0.15, 0.2) is 54.9 Å². The van der Waals surface area contributed by atoms with Gasteiger partial charge in [-0.2, -0.15) is 0 Å². The highest BCUT2D eigenvalue weighted by Crippen LogP contribution is 2.37. The zero-order valence-electron chi connectivity index (χ0n) is 17.6. The van der Waals surface area contributed by atoms with Crippen LogP contribution < -0.4 is 15.0 Å². The van der Waals surface area contributed by atoms with Crippen LogP contribution in [0, 0.1) is 10.1 Å². The Bertz CT molecular complexity index is 1090. The normalized spacial score (nSPS) is 14.2. The number of aromatic nitrogens is 2. The molecule has 1 fully saturated rings. The molecule has 4 rings (SSSR count). The summed E-state index contributed by atoms with van der Waals surface area (Å²) in [4.78, 5) is 24.2. The zero-order chi connectivity index (χ0) is 22.5. The highest BCUT2D eigenvalue weighted by Gasteiger charge is 2.29. The van der Waals surface area contributed by atoms with Gasteiger partial charge in [-0.25, -0.2) is 9.97 Å². The quantitative estimate of drug-likeness (QED) is 0.420. The lowest BCUT2D eigenvalue weighted by atomic mass is 10.2. The predicted octanol–water partition coefficient (Wildman–Crippen LogP) is 4.11. The number of nitrogens with one attached hydrogen (secondary N) is 1. The van der Waals surface area contributed by atoms with Crippen LogP contribution in [0.2, 0.25) is 5.02 Å². The van der Waals surface area contributed by atoms with E-state index in [0.29, 0.717) is 35.4 Å². The van der Waals surface area contributed by atoms with Gasteiger partial charge in [-0.3, -0.25) is 15.0 Å². The second-order valence-electron chi connectivity index (χ2n) is 7.37. The molecular weight excluding hydrogens is 432 g/mol. The van der Waals surface area contributed by atoms with E-state index < -0.39 is 4.92 Å². The summed E-state index contributed by atoms with van der Waals surface area (Å²) in [6.45, 7) is 3.67. The number of ether oxygens (including phenoxy) is 1. The summed E-state index contributed by atoms with van der Waals surface area (Å²) in [7, 11) is 1.52. The molecule has 0 aliphatic carbocycles. The molecule has 32 heavy (non-hydrogen) atoms. The first-order valence-corrected chi connectivity index (χ1v) is 10.5. The molecule has 1 aliphatic heterocycles. The van der Waals surface area contributed by atoms with Gasteiger partial charge >= 0.3 is 5.69 Å². The summed E-state index contributed by atoms with van der Waals surface area (Å²) in [6, 6.07) is 15.3. The maximum Gasteiger partial charge on any atom is 0.353 e. The highest BCUT2D eigenvalue weighted by atomic mass is 35.5. The Morgan fingerprint density at radius 1 is 1.12 bits per heavy atom. The molecule has 0 bridgehead atoms. The molecule has 0 atom stereocenters. The molecule has 0 radical (unpaired) electrons. The smallest absolute Gasteiger partial charge is 0.353 e. The average Bonchev–Trinajstić information content (AvgIpc) is 2.80. The van der Waals surface area contributed by atoms with Crippen LogP contribution in [0.25, 0.3) is 0 Å². The Morgan fingerprint density at radius 3 is 2.56 bits per heavy atom. The Labute approximate surface area is 190 Å². The number of anilines is 3. The van der Waals surface area contributed by atoms with Gasteiger partial charge in [0, 0.05) is 37.7 Å². The van der Waals surface area contributed by atoms with Crippen molar-refractivity contribution in [3.8, 4) is 5.75 Å². The molecule has 2 aromatic carbocycles. The molecule has 166 valence electrons. The van der Waals surface area contributed by atoms with Crippen molar-refractivity contribution in [3.63, 3.8) is 0 Å². The van der Waals surface area contributed by atoms with Crippen molar-refractivity contribution < 1.29 is 9.66 Å². The third kappa shape index (κ3) is 4.90. The maximum atomic E-state index is 12.0. The number of rotatable bonds is 7. The van der Waals surface area contributed by atoms with Gasteiger partial charge in [-0.15, -0.1) is 0 Å². The van der Waals surface area contributed by atoms with Crippen LogP contribution in [-0.4, -0.2) is 53.1 Å². The molecule has 1 saturated heterocycles. The van der Waals surface area contributed by atoms with E-state index in [1.165, 1.54) is 19.0 Å². The lowest BCUT2D eigenvalue weighted by Crippen LogP contribution is -2.46. The lowest BCUT2D eigenvalue weighted by molar-refractivity contribution is -0.383. The molecular formula is C22H23ClN6O3. The summed E-state index contributed by atoms with van der Waals surface area (Å²) in [5.74, 6) is 0.888. The Hall–Kier alpha value is -3.43. The van der Waals surface area contributed by atoms with Crippen LogP contribution in [-0.2, 0) is 6.54 Å². The number of hydrogen-bond acceptors (Lipinski definition) is 8. The molecule has 2 heterocycles. The zero-order valence-corrected chi connectivity index (χ0v) is 18.3. The van der Waals surface area contributed by atoms with Crippen LogP contribution in [0.4, 0.5) is 23.0 Å². The molecule has 1 aliphatic rings. The minimum absolute atomic E-state index is 0.0901. The van der Waals surface area contributed by atoms with Crippen molar-refractivity contribution in [1.29, 1.82) is 0 Å². The number of nitrogens with zero attached hydrogens (tertiary/aromatic N) is 5. The second kappa shape index (κ2) is 9.80. The van der Waals surface area contributed by atoms with E-state index in [2.05, 4.69) is 32.3 Å². The number of hydrogen-bond donors (Lipinski definition) is 1. The Morgan fingerprint density at radius 2 is 1.88 bits per heavy atom. The molecule has 0 spiro atoms. The van der Waals surface area contributed by atoms with E-state index >= 15 is 0 Å². The van der Waals surface area contributed by atoms with Crippen molar-refractivity contribution in [2.24, 2.45) is 0 Å². The van der Waals surface area contributed by atoms with Gasteiger partial charge in [0.2, 0.25) is 11.6 Å². The van der Waals surface area contributed by atoms with Gasteiger partial charge in [0.1, 0.15) is 12.1 Å². The van der Waals surface area contributed by atoms with Crippen LogP contribution in [0.1, 0.15) is 5.56 Å². The molecule has 1 aromatic heterocycles. The van der Waals surface area contributed by atoms with Crippen molar-refractivity contribution in [2.45, 2.75) is 6.54 Å². The number of methoxy groups -OCH3 is 1. The molecule has 0 amide bonds. The van der Waals surface area contributed by atoms with Gasteiger partial charge < -0.3 is 15.0 Å². The summed E-state index contributed by atoms with van der Waals surface area (Å²) in [5.41, 5.74) is 1.56. The van der Waals surface area contributed by atoms with Crippen LogP contribution >= 0.6 is 11.6 Å². The third-order valence-corrected chi connectivity index (χ3v) is 5.56. The van der Waals surface area contributed by atoms with E-state index in [9.17, 15) is 10.1 Å². The molecule has 3 aromatic rings. The fourth-order valence-electron chi connectivity index (χ4n) is 3.73. The number of benzene rings is 2. The molecule has 0 unspecified atom stereocenters. The fourth-order valence-corrected chi connectivity index (χ4v) is 3.90. The van der Waals surface area contributed by atoms with Crippen molar-refractivity contribution >= 4 is 34.6 Å². The monoisotopic (exact) mass is 454 g/mol. The first kappa shape index (κ1) is 21.8. The van der Waals surface area contributed by atoms with Gasteiger partial charge in [-0.1, -0.05) is 41.9 Å². The number of nitro groups is 1.